The average molecular weight is 310 g/mol. The first-order valence-electron chi connectivity index (χ1n) is 7.78. The molecule has 0 spiro atoms. The molecule has 3 heteroatoms. The van der Waals surface area contributed by atoms with Crippen LogP contribution in [0.15, 0.2) is 47.0 Å². The van der Waals surface area contributed by atoms with Crippen LogP contribution in [0.3, 0.4) is 0 Å². The number of rotatable bonds is 5. The molecule has 94 valence electrons. The maximum Gasteiger partial charge on any atom is 0.119 e. The van der Waals surface area contributed by atoms with Crippen LogP contribution >= 0.6 is 15.9 Å². The van der Waals surface area contributed by atoms with Crippen LogP contribution in [-0.4, -0.2) is 11.6 Å². The lowest BCUT2D eigenvalue weighted by Gasteiger charge is -2.06. The van der Waals surface area contributed by atoms with Crippen molar-refractivity contribution in [2.75, 3.05) is 6.61 Å². The minimum absolute atomic E-state index is 0.0246. The average Bonchev–Trinajstić information content (AvgIpc) is 2.55. The van der Waals surface area contributed by atoms with Gasteiger partial charge in [0.1, 0.15) is 5.75 Å². The van der Waals surface area contributed by atoms with E-state index in [1.54, 1.807) is 0 Å². The molecule has 0 radical (unpaired) electrons. The summed E-state index contributed by atoms with van der Waals surface area (Å²) in [6, 6.07) is 3.31. The zero-order valence-corrected chi connectivity index (χ0v) is 11.7. The second kappa shape index (κ2) is 6.55. The number of aryl methyl sites for hydroxylation is 1. The van der Waals surface area contributed by atoms with Gasteiger partial charge in [-0.3, -0.25) is 4.98 Å². The third-order valence-electron chi connectivity index (χ3n) is 2.47. The third-order valence-corrected chi connectivity index (χ3v) is 2.87. The van der Waals surface area contributed by atoms with E-state index in [2.05, 4.69) is 27.8 Å². The molecule has 2 aromatic rings. The molecule has 1 heterocycles. The van der Waals surface area contributed by atoms with Gasteiger partial charge in [-0.1, -0.05) is 28.9 Å². The van der Waals surface area contributed by atoms with Crippen molar-refractivity contribution in [1.82, 2.24) is 4.98 Å². The number of nitrogens with zero attached hydrogens (tertiary/aromatic N) is 1. The largest absolute Gasteiger partial charge is 0.493 e. The number of hydrogen-bond donors (Lipinski definition) is 0. The first-order chi connectivity index (χ1) is 10.5. The van der Waals surface area contributed by atoms with Crippen molar-refractivity contribution in [3.63, 3.8) is 0 Å². The van der Waals surface area contributed by atoms with E-state index in [0.717, 1.165) is 17.7 Å². The van der Waals surface area contributed by atoms with Crippen molar-refractivity contribution in [2.24, 2.45) is 0 Å². The predicted molar refractivity (Wildman–Crippen MR) is 77.0 cm³/mol. The Morgan fingerprint density at radius 1 is 1.28 bits per heavy atom. The van der Waals surface area contributed by atoms with Crippen LogP contribution in [0, 0.1) is 0 Å². The second-order valence-corrected chi connectivity index (χ2v) is 4.55. The number of ether oxygens (including phenoxy) is 1. The maximum atomic E-state index is 7.85. The summed E-state index contributed by atoms with van der Waals surface area (Å²) in [5, 5.41) is 0. The van der Waals surface area contributed by atoms with Gasteiger partial charge in [-0.2, -0.15) is 0 Å². The van der Waals surface area contributed by atoms with Crippen LogP contribution in [0.25, 0.3) is 0 Å². The maximum absolute atomic E-state index is 7.85. The van der Waals surface area contributed by atoms with Gasteiger partial charge in [-0.25, -0.2) is 0 Å². The minimum atomic E-state index is -0.179. The van der Waals surface area contributed by atoms with E-state index in [-0.39, 0.29) is 41.0 Å². The van der Waals surface area contributed by atoms with Crippen molar-refractivity contribution in [2.45, 2.75) is 19.8 Å². The Hall–Kier alpha value is -1.35. The molecule has 0 saturated carbocycles. The molecule has 18 heavy (non-hydrogen) atoms. The highest BCUT2D eigenvalue weighted by Crippen LogP contribution is 2.16. The molecule has 0 aliphatic heterocycles. The van der Waals surface area contributed by atoms with Gasteiger partial charge in [0.05, 0.1) is 12.1 Å². The first-order valence-corrected chi connectivity index (χ1v) is 6.57. The summed E-state index contributed by atoms with van der Waals surface area (Å²) < 4.78 is 36.8. The predicted octanol–water partition coefficient (Wildman–Crippen LogP) is 4.03. The lowest BCUT2D eigenvalue weighted by atomic mass is 10.2. The molecule has 0 bridgehead atoms. The first kappa shape index (κ1) is 8.70. The molecule has 0 aliphatic carbocycles. The molecule has 2 rings (SSSR count). The lowest BCUT2D eigenvalue weighted by molar-refractivity contribution is 0.320. The number of aromatic nitrogens is 1. The Labute approximate surface area is 122 Å². The topological polar surface area (TPSA) is 22.1 Å². The zero-order valence-electron chi connectivity index (χ0n) is 14.1. The molecular formula is C15H16BrNO. The number of pyridine rings is 1. The quantitative estimate of drug-likeness (QED) is 0.832. The Kier molecular flexibility index (Phi) is 3.16. The Morgan fingerprint density at radius 3 is 2.67 bits per heavy atom. The fourth-order valence-electron chi connectivity index (χ4n) is 1.43. The molecule has 0 fully saturated rings. The highest BCUT2D eigenvalue weighted by molar-refractivity contribution is 9.10. The molecular weight excluding hydrogens is 290 g/mol. The SMILES string of the molecule is [2H]c1c([2H])c(OCCc2ccc(CC)cn2)c([2H])c([2H])c1Br. The molecule has 1 aromatic carbocycles. The Balaban J connectivity index is 2.08. The van der Waals surface area contributed by atoms with Crippen molar-refractivity contribution < 1.29 is 10.2 Å². The van der Waals surface area contributed by atoms with Crippen molar-refractivity contribution in [3.8, 4) is 5.75 Å². The highest BCUT2D eigenvalue weighted by atomic mass is 79.9. The Bertz CT molecular complexity index is 647. The van der Waals surface area contributed by atoms with Gasteiger partial charge in [0.25, 0.3) is 0 Å². The van der Waals surface area contributed by atoms with Crippen LogP contribution in [0.2, 0.25) is 0 Å². The van der Waals surface area contributed by atoms with E-state index in [1.165, 1.54) is 0 Å². The number of benzene rings is 1. The van der Waals surface area contributed by atoms with Crippen LogP contribution in [0.5, 0.6) is 5.75 Å². The lowest BCUT2D eigenvalue weighted by Crippen LogP contribution is -2.03. The van der Waals surface area contributed by atoms with E-state index in [9.17, 15) is 0 Å². The number of hydrogen-bond acceptors (Lipinski definition) is 2. The van der Waals surface area contributed by atoms with Crippen LogP contribution in [-0.2, 0) is 12.8 Å². The number of halogens is 1. The minimum Gasteiger partial charge on any atom is -0.493 e. The van der Waals surface area contributed by atoms with Gasteiger partial charge in [0.2, 0.25) is 0 Å². The molecule has 0 N–H and O–H groups in total. The summed E-state index contributed by atoms with van der Waals surface area (Å²) in [5.74, 6) is -0.0246. The second-order valence-electron chi connectivity index (χ2n) is 3.75. The van der Waals surface area contributed by atoms with E-state index in [4.69, 9.17) is 10.2 Å². The van der Waals surface area contributed by atoms with Crippen LogP contribution in [0.4, 0.5) is 0 Å². The molecule has 0 atom stereocenters. The van der Waals surface area contributed by atoms with E-state index < -0.39 is 0 Å². The smallest absolute Gasteiger partial charge is 0.119 e. The highest BCUT2D eigenvalue weighted by Gasteiger charge is 1.97. The normalized spacial score (nSPS) is 13.4. The summed E-state index contributed by atoms with van der Waals surface area (Å²) >= 11 is 3.05. The fourth-order valence-corrected chi connectivity index (χ4v) is 1.63. The Morgan fingerprint density at radius 2 is 2.06 bits per heavy atom. The van der Waals surface area contributed by atoms with Gasteiger partial charge in [-0.15, -0.1) is 0 Å². The summed E-state index contributed by atoms with van der Waals surface area (Å²) in [7, 11) is 0. The van der Waals surface area contributed by atoms with Gasteiger partial charge in [0.15, 0.2) is 0 Å². The van der Waals surface area contributed by atoms with Gasteiger partial charge < -0.3 is 4.74 Å². The van der Waals surface area contributed by atoms with Crippen molar-refractivity contribution in [3.05, 3.63) is 58.2 Å². The summed E-state index contributed by atoms with van der Waals surface area (Å²) in [6.45, 7) is 2.31. The molecule has 0 amide bonds. The molecule has 2 nitrogen and oxygen atoms in total. The zero-order chi connectivity index (χ0) is 16.3. The third kappa shape index (κ3) is 3.84. The van der Waals surface area contributed by atoms with Crippen LogP contribution < -0.4 is 4.74 Å². The van der Waals surface area contributed by atoms with Crippen molar-refractivity contribution in [1.29, 1.82) is 0 Å². The fraction of sp³-hybridized carbons (Fsp3) is 0.267. The van der Waals surface area contributed by atoms with Gasteiger partial charge in [0, 0.05) is 22.8 Å². The molecule has 1 aromatic heterocycles. The standard InChI is InChI=1S/C15H16BrNO/c1-2-12-3-6-14(17-11-12)9-10-18-15-7-4-13(16)5-8-15/h3-8,11H,2,9-10H2,1H3/i4D,5D,7D,8D. The van der Waals surface area contributed by atoms with E-state index >= 15 is 0 Å². The summed E-state index contributed by atoms with van der Waals surface area (Å²) in [4.78, 5) is 4.32. The van der Waals surface area contributed by atoms with Crippen molar-refractivity contribution >= 4 is 15.9 Å². The molecule has 0 aliphatic rings. The molecule has 0 unspecified atom stereocenters. The van der Waals surface area contributed by atoms with E-state index in [0.29, 0.717) is 6.42 Å². The summed E-state index contributed by atoms with van der Waals surface area (Å²) in [6.07, 6.45) is 3.30. The molecule has 0 saturated heterocycles. The monoisotopic (exact) mass is 309 g/mol. The van der Waals surface area contributed by atoms with Gasteiger partial charge >= 0.3 is 0 Å². The summed E-state index contributed by atoms with van der Waals surface area (Å²) in [5.41, 5.74) is 2.03. The van der Waals surface area contributed by atoms with Crippen LogP contribution in [0.1, 0.15) is 23.7 Å². The van der Waals surface area contributed by atoms with E-state index in [1.807, 2.05) is 18.3 Å². The van der Waals surface area contributed by atoms with Gasteiger partial charge in [-0.05, 0) is 42.2 Å².